The standard InChI is InChI=1S/C19H25NO3S/c1-15(2)13-18(16-9-5-3-6-10-16)19(14-21)20-24(22,23)17-11-7-4-8-12-17/h3-12,15,18-21H,13-14H2,1-2H3/t18-,19+/m0/s1. The predicted molar refractivity (Wildman–Crippen MR) is 96.3 cm³/mol. The van der Waals surface area contributed by atoms with E-state index in [0.29, 0.717) is 5.92 Å². The molecule has 2 atom stereocenters. The number of sulfonamides is 1. The molecule has 0 spiro atoms. The van der Waals surface area contributed by atoms with Gasteiger partial charge in [0.2, 0.25) is 10.0 Å². The minimum absolute atomic E-state index is 0.0883. The van der Waals surface area contributed by atoms with Crippen LogP contribution in [-0.4, -0.2) is 26.2 Å². The second-order valence-electron chi connectivity index (χ2n) is 6.37. The summed E-state index contributed by atoms with van der Waals surface area (Å²) in [5.74, 6) is 0.292. The molecular weight excluding hydrogens is 322 g/mol. The first-order chi connectivity index (χ1) is 11.4. The number of hydrogen-bond donors (Lipinski definition) is 2. The molecule has 0 aromatic heterocycles. The lowest BCUT2D eigenvalue weighted by molar-refractivity contribution is 0.229. The van der Waals surface area contributed by atoms with Gasteiger partial charge < -0.3 is 5.11 Å². The van der Waals surface area contributed by atoms with Crippen LogP contribution in [0.1, 0.15) is 31.7 Å². The Balaban J connectivity index is 2.29. The number of nitrogens with one attached hydrogen (secondary N) is 1. The first-order valence-electron chi connectivity index (χ1n) is 8.17. The third kappa shape index (κ3) is 4.90. The topological polar surface area (TPSA) is 66.4 Å². The molecule has 0 bridgehead atoms. The lowest BCUT2D eigenvalue weighted by Gasteiger charge is -2.28. The molecule has 2 aromatic rings. The summed E-state index contributed by atoms with van der Waals surface area (Å²) < 4.78 is 27.9. The molecule has 0 fully saturated rings. The van der Waals surface area contributed by atoms with Crippen molar-refractivity contribution in [2.75, 3.05) is 6.61 Å². The Kier molecular flexibility index (Phi) is 6.54. The van der Waals surface area contributed by atoms with Crippen LogP contribution in [0.3, 0.4) is 0 Å². The van der Waals surface area contributed by atoms with Gasteiger partial charge in [-0.1, -0.05) is 62.4 Å². The molecule has 0 aliphatic heterocycles. The van der Waals surface area contributed by atoms with E-state index in [-0.39, 0.29) is 17.4 Å². The summed E-state index contributed by atoms with van der Waals surface area (Å²) in [6.45, 7) is 3.94. The Labute approximate surface area is 144 Å². The smallest absolute Gasteiger partial charge is 0.240 e. The second kappa shape index (κ2) is 8.42. The van der Waals surface area contributed by atoms with Gasteiger partial charge in [0, 0.05) is 5.92 Å². The van der Waals surface area contributed by atoms with Crippen molar-refractivity contribution in [2.45, 2.75) is 37.1 Å². The van der Waals surface area contributed by atoms with E-state index < -0.39 is 16.1 Å². The van der Waals surface area contributed by atoms with Crippen LogP contribution in [0.2, 0.25) is 0 Å². The van der Waals surface area contributed by atoms with Gasteiger partial charge in [0.15, 0.2) is 0 Å². The summed E-state index contributed by atoms with van der Waals surface area (Å²) in [5.41, 5.74) is 1.03. The molecule has 24 heavy (non-hydrogen) atoms. The zero-order chi connectivity index (χ0) is 17.6. The van der Waals surface area contributed by atoms with E-state index in [4.69, 9.17) is 0 Å². The minimum atomic E-state index is -3.67. The van der Waals surface area contributed by atoms with E-state index in [9.17, 15) is 13.5 Å². The van der Waals surface area contributed by atoms with E-state index in [2.05, 4.69) is 18.6 Å². The molecule has 4 nitrogen and oxygen atoms in total. The Morgan fingerprint density at radius 2 is 1.50 bits per heavy atom. The molecular formula is C19H25NO3S. The molecule has 0 aliphatic rings. The summed E-state index contributed by atoms with van der Waals surface area (Å²) in [6.07, 6.45) is 0.784. The monoisotopic (exact) mass is 347 g/mol. The third-order valence-electron chi connectivity index (χ3n) is 4.00. The highest BCUT2D eigenvalue weighted by atomic mass is 32.2. The summed E-state index contributed by atoms with van der Waals surface area (Å²) >= 11 is 0. The van der Waals surface area contributed by atoms with Crippen LogP contribution < -0.4 is 4.72 Å². The summed E-state index contributed by atoms with van der Waals surface area (Å²) in [7, 11) is -3.67. The van der Waals surface area contributed by atoms with Crippen molar-refractivity contribution in [3.8, 4) is 0 Å². The molecule has 2 N–H and O–H groups in total. The fourth-order valence-corrected chi connectivity index (χ4v) is 4.14. The normalized spacial score (nSPS) is 14.5. The van der Waals surface area contributed by atoms with Gasteiger partial charge in [0.25, 0.3) is 0 Å². The SMILES string of the molecule is CC(C)C[C@@H](c1ccccc1)[C@@H](CO)NS(=O)(=O)c1ccccc1. The summed E-state index contributed by atoms with van der Waals surface area (Å²) in [4.78, 5) is 0.208. The van der Waals surface area contributed by atoms with Crippen LogP contribution in [-0.2, 0) is 10.0 Å². The van der Waals surface area contributed by atoms with Crippen molar-refractivity contribution in [3.63, 3.8) is 0 Å². The van der Waals surface area contributed by atoms with Gasteiger partial charge >= 0.3 is 0 Å². The molecule has 5 heteroatoms. The molecule has 2 aromatic carbocycles. The average Bonchev–Trinajstić information content (AvgIpc) is 2.59. The molecule has 0 heterocycles. The zero-order valence-corrected chi connectivity index (χ0v) is 14.9. The lowest BCUT2D eigenvalue weighted by atomic mass is 9.85. The van der Waals surface area contributed by atoms with Crippen molar-refractivity contribution in [3.05, 3.63) is 66.2 Å². The largest absolute Gasteiger partial charge is 0.395 e. The molecule has 0 unspecified atom stereocenters. The van der Waals surface area contributed by atoms with E-state index in [0.717, 1.165) is 12.0 Å². The third-order valence-corrected chi connectivity index (χ3v) is 5.50. The number of aliphatic hydroxyl groups is 1. The number of hydrogen-bond acceptors (Lipinski definition) is 3. The van der Waals surface area contributed by atoms with Gasteiger partial charge in [-0.05, 0) is 30.0 Å². The van der Waals surface area contributed by atoms with Gasteiger partial charge in [-0.15, -0.1) is 0 Å². The Bertz CT molecular complexity index is 715. The van der Waals surface area contributed by atoms with Crippen LogP contribution in [0.4, 0.5) is 0 Å². The van der Waals surface area contributed by atoms with Crippen LogP contribution in [0, 0.1) is 5.92 Å². The van der Waals surface area contributed by atoms with Crippen molar-refractivity contribution < 1.29 is 13.5 Å². The average molecular weight is 347 g/mol. The van der Waals surface area contributed by atoms with E-state index in [1.165, 1.54) is 0 Å². The maximum absolute atomic E-state index is 12.6. The molecule has 0 saturated carbocycles. The summed E-state index contributed by atoms with van der Waals surface area (Å²) in [5, 5.41) is 9.85. The fraction of sp³-hybridized carbons (Fsp3) is 0.368. The van der Waals surface area contributed by atoms with Gasteiger partial charge in [-0.3, -0.25) is 0 Å². The van der Waals surface area contributed by atoms with Crippen molar-refractivity contribution in [2.24, 2.45) is 5.92 Å². The molecule has 0 radical (unpaired) electrons. The quantitative estimate of drug-likeness (QED) is 0.771. The Morgan fingerprint density at radius 1 is 0.958 bits per heavy atom. The van der Waals surface area contributed by atoms with Crippen LogP contribution in [0.25, 0.3) is 0 Å². The van der Waals surface area contributed by atoms with Gasteiger partial charge in [-0.25, -0.2) is 13.1 Å². The zero-order valence-electron chi connectivity index (χ0n) is 14.1. The molecule has 0 saturated heterocycles. The first-order valence-corrected chi connectivity index (χ1v) is 9.65. The van der Waals surface area contributed by atoms with Gasteiger partial charge in [-0.2, -0.15) is 0 Å². The van der Waals surface area contributed by atoms with Crippen LogP contribution in [0.15, 0.2) is 65.6 Å². The van der Waals surface area contributed by atoms with E-state index in [1.807, 2.05) is 30.3 Å². The number of aliphatic hydroxyl groups excluding tert-OH is 1. The molecule has 0 aliphatic carbocycles. The Hall–Kier alpha value is -1.69. The minimum Gasteiger partial charge on any atom is -0.395 e. The van der Waals surface area contributed by atoms with E-state index in [1.54, 1.807) is 30.3 Å². The maximum atomic E-state index is 12.6. The van der Waals surface area contributed by atoms with Crippen LogP contribution >= 0.6 is 0 Å². The molecule has 0 amide bonds. The number of benzene rings is 2. The highest BCUT2D eigenvalue weighted by Crippen LogP contribution is 2.28. The van der Waals surface area contributed by atoms with Crippen molar-refractivity contribution in [1.82, 2.24) is 4.72 Å². The molecule has 2 rings (SSSR count). The highest BCUT2D eigenvalue weighted by molar-refractivity contribution is 7.89. The van der Waals surface area contributed by atoms with Gasteiger partial charge in [0.1, 0.15) is 0 Å². The predicted octanol–water partition coefficient (Wildman–Crippen LogP) is 3.16. The lowest BCUT2D eigenvalue weighted by Crippen LogP contribution is -2.42. The number of rotatable bonds is 8. The molecule has 130 valence electrons. The fourth-order valence-electron chi connectivity index (χ4n) is 2.85. The van der Waals surface area contributed by atoms with Crippen molar-refractivity contribution >= 4 is 10.0 Å². The highest BCUT2D eigenvalue weighted by Gasteiger charge is 2.28. The van der Waals surface area contributed by atoms with E-state index >= 15 is 0 Å². The second-order valence-corrected chi connectivity index (χ2v) is 8.08. The summed E-state index contributed by atoms with van der Waals surface area (Å²) in [6, 6.07) is 17.4. The maximum Gasteiger partial charge on any atom is 0.240 e. The Morgan fingerprint density at radius 3 is 2.00 bits per heavy atom. The van der Waals surface area contributed by atoms with Crippen molar-refractivity contribution in [1.29, 1.82) is 0 Å². The van der Waals surface area contributed by atoms with Gasteiger partial charge in [0.05, 0.1) is 17.5 Å². The van der Waals surface area contributed by atoms with Crippen LogP contribution in [0.5, 0.6) is 0 Å². The first kappa shape index (κ1) is 18.6.